The molecule has 11 heteroatoms. The highest BCUT2D eigenvalue weighted by Gasteiger charge is 2.29. The summed E-state index contributed by atoms with van der Waals surface area (Å²) in [5.41, 5.74) is 0.608. The number of halogens is 2. The Morgan fingerprint density at radius 1 is 1.08 bits per heavy atom. The molecule has 0 aliphatic rings. The van der Waals surface area contributed by atoms with Crippen LogP contribution < -0.4 is 14.4 Å². The first-order valence-corrected chi connectivity index (χ1v) is 14.4. The highest BCUT2D eigenvalue weighted by molar-refractivity contribution is 7.92. The minimum Gasteiger partial charge on any atom is -0.497 e. The van der Waals surface area contributed by atoms with Gasteiger partial charge in [-0.1, -0.05) is 35.3 Å². The van der Waals surface area contributed by atoms with E-state index in [1.807, 2.05) is 32.9 Å². The summed E-state index contributed by atoms with van der Waals surface area (Å²) in [6.07, 6.45) is 1.30. The van der Waals surface area contributed by atoms with E-state index in [0.29, 0.717) is 10.8 Å². The van der Waals surface area contributed by atoms with Gasteiger partial charge in [0.25, 0.3) is 0 Å². The molecule has 2 aromatic rings. The Balaban J connectivity index is 2.23. The third-order valence-corrected chi connectivity index (χ3v) is 7.24. The van der Waals surface area contributed by atoms with Crippen molar-refractivity contribution in [3.63, 3.8) is 0 Å². The Morgan fingerprint density at radius 3 is 2.24 bits per heavy atom. The van der Waals surface area contributed by atoms with Crippen LogP contribution in [0.25, 0.3) is 0 Å². The molecule has 37 heavy (non-hydrogen) atoms. The maximum absolute atomic E-state index is 13.4. The summed E-state index contributed by atoms with van der Waals surface area (Å²) in [7, 11) is -2.12. The number of amides is 2. The summed E-state index contributed by atoms with van der Waals surface area (Å²) < 4.78 is 31.3. The quantitative estimate of drug-likeness (QED) is 0.414. The number of nitrogens with zero attached hydrogens (tertiary/aromatic N) is 2. The Kier molecular flexibility index (Phi) is 10.7. The van der Waals surface area contributed by atoms with E-state index in [9.17, 15) is 18.0 Å². The van der Waals surface area contributed by atoms with Crippen LogP contribution in [-0.2, 0) is 26.2 Å². The van der Waals surface area contributed by atoms with E-state index in [1.54, 1.807) is 32.2 Å². The molecule has 2 amide bonds. The Hall–Kier alpha value is -2.49. The van der Waals surface area contributed by atoms with Crippen LogP contribution in [0.3, 0.4) is 0 Å². The molecule has 0 spiro atoms. The summed E-state index contributed by atoms with van der Waals surface area (Å²) in [6, 6.07) is 11.1. The predicted octanol–water partition coefficient (Wildman–Crippen LogP) is 4.88. The molecular weight excluding hydrogens is 537 g/mol. The van der Waals surface area contributed by atoms with Gasteiger partial charge in [-0.3, -0.25) is 13.9 Å². The van der Waals surface area contributed by atoms with Gasteiger partial charge < -0.3 is 15.0 Å². The number of nitrogens with one attached hydrogen (secondary N) is 1. The van der Waals surface area contributed by atoms with Crippen molar-refractivity contribution < 1.29 is 22.7 Å². The van der Waals surface area contributed by atoms with Gasteiger partial charge >= 0.3 is 0 Å². The van der Waals surface area contributed by atoms with Crippen LogP contribution in [0.1, 0.15) is 46.1 Å². The Bertz CT molecular complexity index is 1200. The average molecular weight is 573 g/mol. The molecular formula is C26H35Cl2N3O5S. The third-order valence-electron chi connectivity index (χ3n) is 5.51. The fraction of sp³-hybridized carbons (Fsp3) is 0.462. The molecule has 0 bridgehead atoms. The fourth-order valence-corrected chi connectivity index (χ4v) is 5.05. The van der Waals surface area contributed by atoms with Crippen LogP contribution >= 0.6 is 23.2 Å². The maximum Gasteiger partial charge on any atom is 0.242 e. The maximum atomic E-state index is 13.4. The lowest BCUT2D eigenvalue weighted by atomic mass is 10.1. The standard InChI is InChI=1S/C26H35Cl2N3O5S/c1-18(25(33)29-26(2,3)4)30(17-19-9-12-21(36-5)13-10-19)24(32)8-7-15-31(37(6,34)35)23-16-20(27)11-14-22(23)28/h9-14,16,18H,7-8,15,17H2,1-6H3,(H,29,33)/t18-/m0/s1. The number of rotatable bonds is 11. The molecule has 0 saturated carbocycles. The fourth-order valence-electron chi connectivity index (χ4n) is 3.64. The molecule has 0 aliphatic carbocycles. The zero-order chi connectivity index (χ0) is 28.0. The molecule has 1 atom stereocenters. The third kappa shape index (κ3) is 9.39. The number of ether oxygens (including phenoxy) is 1. The van der Waals surface area contributed by atoms with Crippen molar-refractivity contribution >= 4 is 50.7 Å². The van der Waals surface area contributed by atoms with E-state index in [1.165, 1.54) is 17.0 Å². The van der Waals surface area contributed by atoms with Crippen LogP contribution in [0, 0.1) is 0 Å². The first-order valence-electron chi connectivity index (χ1n) is 11.8. The van der Waals surface area contributed by atoms with Crippen LogP contribution in [-0.4, -0.2) is 56.6 Å². The molecule has 0 aromatic heterocycles. The number of anilines is 1. The van der Waals surface area contributed by atoms with E-state index >= 15 is 0 Å². The second-order valence-electron chi connectivity index (χ2n) is 9.82. The number of carbonyl (C=O) groups excluding carboxylic acids is 2. The monoisotopic (exact) mass is 571 g/mol. The van der Waals surface area contributed by atoms with Gasteiger partial charge in [-0.05, 0) is 70.0 Å². The molecule has 1 N–H and O–H groups in total. The number of benzene rings is 2. The largest absolute Gasteiger partial charge is 0.497 e. The SMILES string of the molecule is COc1ccc(CN(C(=O)CCCN(c2cc(Cl)ccc2Cl)S(C)(=O)=O)[C@@H](C)C(=O)NC(C)(C)C)cc1. The lowest BCUT2D eigenvalue weighted by Crippen LogP contribution is -2.52. The van der Waals surface area contributed by atoms with Gasteiger partial charge in [0, 0.05) is 30.1 Å². The number of sulfonamides is 1. The summed E-state index contributed by atoms with van der Waals surface area (Å²) in [4.78, 5) is 27.8. The molecule has 2 rings (SSSR count). The normalized spacial score (nSPS) is 12.5. The highest BCUT2D eigenvalue weighted by Crippen LogP contribution is 2.31. The van der Waals surface area contributed by atoms with Gasteiger partial charge in [0.2, 0.25) is 21.8 Å². The highest BCUT2D eigenvalue weighted by atomic mass is 35.5. The van der Waals surface area contributed by atoms with Crippen LogP contribution in [0.2, 0.25) is 10.0 Å². The first kappa shape index (κ1) is 30.7. The molecule has 2 aromatic carbocycles. The number of carbonyl (C=O) groups is 2. The van der Waals surface area contributed by atoms with Crippen molar-refractivity contribution in [2.24, 2.45) is 0 Å². The second kappa shape index (κ2) is 12.8. The number of methoxy groups -OCH3 is 1. The predicted molar refractivity (Wildman–Crippen MR) is 149 cm³/mol. The molecule has 0 saturated heterocycles. The van der Waals surface area contributed by atoms with Gasteiger partial charge in [0.05, 0.1) is 24.1 Å². The van der Waals surface area contributed by atoms with Crippen LogP contribution in [0.4, 0.5) is 5.69 Å². The van der Waals surface area contributed by atoms with E-state index in [2.05, 4.69) is 5.32 Å². The number of hydrogen-bond acceptors (Lipinski definition) is 5. The van der Waals surface area contributed by atoms with E-state index in [0.717, 1.165) is 16.1 Å². The van der Waals surface area contributed by atoms with Crippen molar-refractivity contribution in [3.8, 4) is 5.75 Å². The molecule has 0 aliphatic heterocycles. The van der Waals surface area contributed by atoms with Crippen molar-refractivity contribution in [1.82, 2.24) is 10.2 Å². The van der Waals surface area contributed by atoms with Crippen molar-refractivity contribution in [2.75, 3.05) is 24.2 Å². The van der Waals surface area contributed by atoms with Crippen molar-refractivity contribution in [3.05, 3.63) is 58.1 Å². The van der Waals surface area contributed by atoms with Crippen LogP contribution in [0.15, 0.2) is 42.5 Å². The van der Waals surface area contributed by atoms with E-state index < -0.39 is 21.6 Å². The van der Waals surface area contributed by atoms with Crippen molar-refractivity contribution in [1.29, 1.82) is 0 Å². The minimum atomic E-state index is -3.69. The van der Waals surface area contributed by atoms with Gasteiger partial charge in [-0.25, -0.2) is 8.42 Å². The zero-order valence-electron chi connectivity index (χ0n) is 22.0. The summed E-state index contributed by atoms with van der Waals surface area (Å²) >= 11 is 12.3. The zero-order valence-corrected chi connectivity index (χ0v) is 24.4. The average Bonchev–Trinajstić information content (AvgIpc) is 2.80. The lowest BCUT2D eigenvalue weighted by Gasteiger charge is -2.32. The molecule has 0 heterocycles. The van der Waals surface area contributed by atoms with Gasteiger partial charge in [0.15, 0.2) is 0 Å². The van der Waals surface area contributed by atoms with Crippen LogP contribution in [0.5, 0.6) is 5.75 Å². The Morgan fingerprint density at radius 2 is 1.70 bits per heavy atom. The second-order valence-corrected chi connectivity index (χ2v) is 12.6. The van der Waals surface area contributed by atoms with E-state index in [-0.39, 0.29) is 48.5 Å². The summed E-state index contributed by atoms with van der Waals surface area (Å²) in [6.45, 7) is 7.51. The minimum absolute atomic E-state index is 0.0174. The van der Waals surface area contributed by atoms with Crippen molar-refractivity contribution in [2.45, 2.75) is 58.7 Å². The summed E-state index contributed by atoms with van der Waals surface area (Å²) in [5.74, 6) is 0.122. The molecule has 0 fully saturated rings. The number of hydrogen-bond donors (Lipinski definition) is 1. The molecule has 0 unspecified atom stereocenters. The molecule has 0 radical (unpaired) electrons. The Labute approximate surface area is 229 Å². The van der Waals surface area contributed by atoms with E-state index in [4.69, 9.17) is 27.9 Å². The topological polar surface area (TPSA) is 96.0 Å². The first-order chi connectivity index (χ1) is 17.1. The summed E-state index contributed by atoms with van der Waals surface area (Å²) in [5, 5.41) is 3.49. The van der Waals surface area contributed by atoms with Gasteiger partial charge in [0.1, 0.15) is 11.8 Å². The molecule has 8 nitrogen and oxygen atoms in total. The van der Waals surface area contributed by atoms with Gasteiger partial charge in [-0.2, -0.15) is 0 Å². The molecule has 204 valence electrons. The smallest absolute Gasteiger partial charge is 0.242 e. The van der Waals surface area contributed by atoms with Gasteiger partial charge in [-0.15, -0.1) is 0 Å². The lowest BCUT2D eigenvalue weighted by molar-refractivity contribution is -0.141.